The molecule has 5 heteroatoms. The van der Waals surface area contributed by atoms with E-state index in [0.717, 1.165) is 41.3 Å². The quantitative estimate of drug-likeness (QED) is 0.577. The van der Waals surface area contributed by atoms with Crippen LogP contribution in [0, 0.1) is 0 Å². The van der Waals surface area contributed by atoms with E-state index in [1.54, 1.807) is 13.2 Å². The van der Waals surface area contributed by atoms with Gasteiger partial charge in [-0.2, -0.15) is 0 Å². The van der Waals surface area contributed by atoms with E-state index in [0.29, 0.717) is 5.75 Å². The monoisotopic (exact) mass is 388 g/mol. The lowest BCUT2D eigenvalue weighted by atomic mass is 9.96. The topological polar surface area (TPSA) is 47.9 Å². The lowest BCUT2D eigenvalue weighted by Gasteiger charge is -2.21. The molecular weight excluding hydrogens is 356 g/mol. The van der Waals surface area contributed by atoms with Crippen LogP contribution in [0.4, 0.5) is 0 Å². The average molecular weight is 389 g/mol. The minimum Gasteiger partial charge on any atom is -0.508 e. The Hall–Kier alpha value is -1.82. The van der Waals surface area contributed by atoms with Gasteiger partial charge in [-0.1, -0.05) is 18.2 Å². The molecule has 0 unspecified atom stereocenters. The Kier molecular flexibility index (Phi) is 8.35. The third-order valence-electron chi connectivity index (χ3n) is 4.22. The molecule has 0 aliphatic heterocycles. The number of hydrogen-bond acceptors (Lipinski definition) is 4. The van der Waals surface area contributed by atoms with Crippen LogP contribution in [0.3, 0.4) is 0 Å². The first-order chi connectivity index (χ1) is 12.9. The Labute approximate surface area is 164 Å². The van der Waals surface area contributed by atoms with E-state index in [1.165, 1.54) is 0 Å². The Morgan fingerprint density at radius 3 is 2.11 bits per heavy atom. The lowest BCUT2D eigenvalue weighted by molar-refractivity contribution is 0.129. The van der Waals surface area contributed by atoms with E-state index >= 15 is 0 Å². The van der Waals surface area contributed by atoms with E-state index in [9.17, 15) is 5.11 Å². The number of aromatic hydroxyl groups is 1. The number of rotatable bonds is 10. The minimum absolute atomic E-state index is 0.191. The van der Waals surface area contributed by atoms with Gasteiger partial charge < -0.3 is 18.7 Å². The van der Waals surface area contributed by atoms with Crippen molar-refractivity contribution >= 4 is 9.28 Å². The molecule has 2 aromatic rings. The molecular formula is C22H32O4Si. The molecule has 0 bridgehead atoms. The largest absolute Gasteiger partial charge is 0.508 e. The molecule has 2 rings (SSSR count). The van der Waals surface area contributed by atoms with Gasteiger partial charge in [0.25, 0.3) is 0 Å². The summed E-state index contributed by atoms with van der Waals surface area (Å²) in [6.07, 6.45) is 2.23. The minimum atomic E-state index is -1.68. The molecule has 1 N–H and O–H groups in total. The fourth-order valence-corrected chi connectivity index (χ4v) is 5.16. The van der Waals surface area contributed by atoms with Gasteiger partial charge in [0.05, 0.1) is 7.11 Å². The fraction of sp³-hybridized carbons (Fsp3) is 0.455. The molecule has 0 spiro atoms. The second-order valence-corrected chi connectivity index (χ2v) is 9.24. The molecule has 0 aromatic heterocycles. The Morgan fingerprint density at radius 1 is 0.926 bits per heavy atom. The number of ether oxygens (including phenoxy) is 1. The van der Waals surface area contributed by atoms with Gasteiger partial charge in [0.15, 0.2) is 0 Å². The van der Waals surface area contributed by atoms with Gasteiger partial charge in [-0.3, -0.25) is 0 Å². The van der Waals surface area contributed by atoms with Gasteiger partial charge in [-0.25, -0.2) is 0 Å². The SMILES string of the molecule is COc1ccc(-c2ccc(O)cc2CCC[SiH](OC(C)C)OC(C)C)cc1. The Balaban J connectivity index is 2.09. The van der Waals surface area contributed by atoms with E-state index in [1.807, 2.05) is 24.3 Å². The first-order valence-corrected chi connectivity index (χ1v) is 11.4. The van der Waals surface area contributed by atoms with Crippen LogP contribution in [-0.4, -0.2) is 33.7 Å². The number of phenolic OH excluding ortho intramolecular Hbond substituents is 1. The van der Waals surface area contributed by atoms with Crippen molar-refractivity contribution in [2.75, 3.05) is 7.11 Å². The number of benzene rings is 2. The molecule has 0 aliphatic carbocycles. The maximum atomic E-state index is 9.95. The molecule has 0 fully saturated rings. The standard InChI is InChI=1S/C22H32O4Si/c1-16(2)25-27(26-17(3)4)14-6-7-19-15-20(23)10-13-22(19)18-8-11-21(24-5)12-9-18/h8-13,15-17,23,27H,6-7,14H2,1-5H3. The van der Waals surface area contributed by atoms with Crippen LogP contribution in [0.15, 0.2) is 42.5 Å². The predicted octanol–water partition coefficient (Wildman–Crippen LogP) is 5.07. The molecule has 0 saturated carbocycles. The van der Waals surface area contributed by atoms with Gasteiger partial charge in [0.1, 0.15) is 11.5 Å². The maximum Gasteiger partial charge on any atom is 0.321 e. The number of hydrogen-bond donors (Lipinski definition) is 1. The molecule has 27 heavy (non-hydrogen) atoms. The summed E-state index contributed by atoms with van der Waals surface area (Å²) in [6, 6.07) is 14.6. The summed E-state index contributed by atoms with van der Waals surface area (Å²) in [5.41, 5.74) is 3.40. The Bertz CT molecular complexity index is 688. The summed E-state index contributed by atoms with van der Waals surface area (Å²) >= 11 is 0. The second kappa shape index (κ2) is 10.5. The van der Waals surface area contributed by atoms with Crippen molar-refractivity contribution in [1.82, 2.24) is 0 Å². The summed E-state index contributed by atoms with van der Waals surface area (Å²) in [5.74, 6) is 1.14. The second-order valence-electron chi connectivity index (χ2n) is 7.26. The summed E-state index contributed by atoms with van der Waals surface area (Å²) in [5, 5.41) is 9.95. The highest BCUT2D eigenvalue weighted by atomic mass is 28.3. The highest BCUT2D eigenvalue weighted by Gasteiger charge is 2.17. The average Bonchev–Trinajstić information content (AvgIpc) is 2.61. The normalized spacial score (nSPS) is 11.6. The van der Waals surface area contributed by atoms with Crippen molar-refractivity contribution in [3.05, 3.63) is 48.0 Å². The van der Waals surface area contributed by atoms with Gasteiger partial charge >= 0.3 is 9.28 Å². The van der Waals surface area contributed by atoms with Crippen molar-refractivity contribution in [3.8, 4) is 22.6 Å². The highest BCUT2D eigenvalue weighted by molar-refractivity contribution is 6.44. The van der Waals surface area contributed by atoms with Crippen LogP contribution in [0.5, 0.6) is 11.5 Å². The summed E-state index contributed by atoms with van der Waals surface area (Å²) in [4.78, 5) is 0. The first-order valence-electron chi connectivity index (χ1n) is 9.66. The smallest absolute Gasteiger partial charge is 0.321 e. The molecule has 0 amide bonds. The van der Waals surface area contributed by atoms with Crippen molar-refractivity contribution < 1.29 is 18.7 Å². The van der Waals surface area contributed by atoms with Crippen LogP contribution in [-0.2, 0) is 15.3 Å². The lowest BCUT2D eigenvalue weighted by Crippen LogP contribution is -2.29. The van der Waals surface area contributed by atoms with E-state index in [4.69, 9.17) is 13.6 Å². The molecule has 148 valence electrons. The molecule has 0 aliphatic rings. The van der Waals surface area contributed by atoms with Crippen LogP contribution in [0.25, 0.3) is 11.1 Å². The maximum absolute atomic E-state index is 9.95. The van der Waals surface area contributed by atoms with Gasteiger partial charge in [0.2, 0.25) is 0 Å². The van der Waals surface area contributed by atoms with E-state index in [2.05, 4.69) is 39.8 Å². The van der Waals surface area contributed by atoms with Gasteiger partial charge in [-0.15, -0.1) is 0 Å². The van der Waals surface area contributed by atoms with Crippen LogP contribution >= 0.6 is 0 Å². The molecule has 0 atom stereocenters. The van der Waals surface area contributed by atoms with Gasteiger partial charge in [0, 0.05) is 12.2 Å². The number of phenols is 1. The molecule has 4 nitrogen and oxygen atoms in total. The predicted molar refractivity (Wildman–Crippen MR) is 113 cm³/mol. The van der Waals surface area contributed by atoms with Crippen molar-refractivity contribution in [2.24, 2.45) is 0 Å². The third kappa shape index (κ3) is 7.01. The van der Waals surface area contributed by atoms with E-state index < -0.39 is 9.28 Å². The number of aryl methyl sites for hydroxylation is 1. The zero-order chi connectivity index (χ0) is 19.8. The van der Waals surface area contributed by atoms with Crippen LogP contribution in [0.1, 0.15) is 39.7 Å². The molecule has 0 radical (unpaired) electrons. The third-order valence-corrected chi connectivity index (χ3v) is 6.80. The van der Waals surface area contributed by atoms with Crippen molar-refractivity contribution in [3.63, 3.8) is 0 Å². The first kappa shape index (κ1) is 21.5. The molecule has 0 saturated heterocycles. The van der Waals surface area contributed by atoms with Crippen LogP contribution in [0.2, 0.25) is 6.04 Å². The van der Waals surface area contributed by atoms with Gasteiger partial charge in [-0.05, 0) is 87.5 Å². The number of methoxy groups -OCH3 is 1. The van der Waals surface area contributed by atoms with Crippen molar-refractivity contribution in [2.45, 2.75) is 58.8 Å². The Morgan fingerprint density at radius 2 is 1.56 bits per heavy atom. The van der Waals surface area contributed by atoms with Crippen LogP contribution < -0.4 is 4.74 Å². The zero-order valence-electron chi connectivity index (χ0n) is 17.1. The summed E-state index contributed by atoms with van der Waals surface area (Å²) in [6.45, 7) is 8.23. The fourth-order valence-electron chi connectivity index (χ4n) is 3.07. The molecule has 2 aromatic carbocycles. The molecule has 0 heterocycles. The summed E-state index contributed by atoms with van der Waals surface area (Å²) in [7, 11) is -0.0162. The van der Waals surface area contributed by atoms with Crippen molar-refractivity contribution in [1.29, 1.82) is 0 Å². The summed E-state index contributed by atoms with van der Waals surface area (Å²) < 4.78 is 17.3. The zero-order valence-corrected chi connectivity index (χ0v) is 18.2. The highest BCUT2D eigenvalue weighted by Crippen LogP contribution is 2.30. The van der Waals surface area contributed by atoms with E-state index in [-0.39, 0.29) is 12.2 Å².